The molecule has 1 rings (SSSR count). The van der Waals surface area contributed by atoms with Gasteiger partial charge in [-0.15, -0.1) is 0 Å². The Bertz CT molecular complexity index is 548. The van der Waals surface area contributed by atoms with Crippen LogP contribution in [0.15, 0.2) is 34.6 Å². The van der Waals surface area contributed by atoms with Crippen molar-refractivity contribution in [3.8, 4) is 0 Å². The van der Waals surface area contributed by atoms with Gasteiger partial charge in [0, 0.05) is 6.92 Å². The molecule has 0 saturated heterocycles. The number of carbonyl (C=O) groups excluding carboxylic acids is 2. The lowest BCUT2D eigenvalue weighted by molar-refractivity contribution is -0.144. The highest BCUT2D eigenvalue weighted by atomic mass is 31.0. The number of likely N-dealkylation sites (N-methyl/N-ethyl adjacent to an activating group) is 1. The zero-order chi connectivity index (χ0) is 20.7. The van der Waals surface area contributed by atoms with E-state index in [2.05, 4.69) is 19.7 Å². The van der Waals surface area contributed by atoms with Crippen molar-refractivity contribution in [1.29, 1.82) is 0 Å². The molecule has 0 radical (unpaired) electrons. The molecule has 148 valence electrons. The van der Waals surface area contributed by atoms with E-state index < -0.39 is 0 Å². The molecule has 0 aliphatic heterocycles. The zero-order valence-electron chi connectivity index (χ0n) is 17.2. The number of anilines is 1. The minimum absolute atomic E-state index is 0.226. The van der Waals surface area contributed by atoms with Crippen molar-refractivity contribution in [3.63, 3.8) is 0 Å². The van der Waals surface area contributed by atoms with Crippen molar-refractivity contribution in [3.05, 3.63) is 29.8 Å². The maximum absolute atomic E-state index is 11.7. The van der Waals surface area contributed by atoms with Crippen LogP contribution in [-0.4, -0.2) is 43.8 Å². The van der Waals surface area contributed by atoms with E-state index in [9.17, 15) is 9.59 Å². The third-order valence-corrected chi connectivity index (χ3v) is 3.41. The molecule has 8 heteroatoms. The summed E-state index contributed by atoms with van der Waals surface area (Å²) in [5, 5.41) is 8.61. The molecule has 0 spiro atoms. The van der Waals surface area contributed by atoms with Gasteiger partial charge < -0.3 is 4.74 Å². The van der Waals surface area contributed by atoms with Gasteiger partial charge in [-0.2, -0.15) is 10.1 Å². The van der Waals surface area contributed by atoms with Crippen LogP contribution in [0.2, 0.25) is 0 Å². The predicted molar refractivity (Wildman–Crippen MR) is 110 cm³/mol. The first kappa shape index (κ1) is 26.4. The van der Waals surface area contributed by atoms with Crippen LogP contribution < -0.4 is 5.01 Å². The Morgan fingerprint density at radius 1 is 1.15 bits per heavy atom. The normalized spacial score (nSPS) is 11.0. The van der Waals surface area contributed by atoms with Crippen LogP contribution in [0.25, 0.3) is 0 Å². The highest BCUT2D eigenvalue weighted by Gasteiger charge is 2.22. The van der Waals surface area contributed by atoms with Crippen LogP contribution in [0.3, 0.4) is 0 Å². The maximum Gasteiger partial charge on any atom is 0.323 e. The number of esters is 1. The summed E-state index contributed by atoms with van der Waals surface area (Å²) in [6.07, 6.45) is 0.502. The molecule has 0 saturated carbocycles. The molecule has 0 fully saturated rings. The lowest BCUT2D eigenvalue weighted by atomic mass is 10.1. The fraction of sp³-hybridized carbons (Fsp3) is 0.556. The summed E-state index contributed by atoms with van der Waals surface area (Å²) in [7, 11) is 7.13. The quantitative estimate of drug-likeness (QED) is 0.323. The topological polar surface area (TPSA) is 74.6 Å². The summed E-state index contributed by atoms with van der Waals surface area (Å²) in [6.45, 7) is 9.42. The molecule has 0 aliphatic carbocycles. The van der Waals surface area contributed by atoms with Crippen molar-refractivity contribution in [2.75, 3.05) is 26.2 Å². The first-order valence-electron chi connectivity index (χ1n) is 8.65. The lowest BCUT2D eigenvalue weighted by Gasteiger charge is -2.21. The van der Waals surface area contributed by atoms with E-state index >= 15 is 0 Å². The van der Waals surface area contributed by atoms with Gasteiger partial charge in [-0.05, 0) is 31.2 Å². The zero-order valence-corrected chi connectivity index (χ0v) is 18.3. The van der Waals surface area contributed by atoms with Crippen molar-refractivity contribution in [1.82, 2.24) is 4.67 Å². The molecule has 1 aromatic rings. The van der Waals surface area contributed by atoms with Gasteiger partial charge in [0.1, 0.15) is 6.04 Å². The van der Waals surface area contributed by atoms with Gasteiger partial charge in [-0.25, -0.2) is 0 Å². The number of amides is 1. The van der Waals surface area contributed by atoms with Gasteiger partial charge in [0.15, 0.2) is 0 Å². The van der Waals surface area contributed by atoms with E-state index in [1.54, 1.807) is 23.9 Å². The van der Waals surface area contributed by atoms with Gasteiger partial charge in [0.05, 0.1) is 19.8 Å². The highest BCUT2D eigenvalue weighted by Crippen LogP contribution is 2.19. The third kappa shape index (κ3) is 9.02. The van der Waals surface area contributed by atoms with Crippen molar-refractivity contribution in [2.24, 2.45) is 10.3 Å². The third-order valence-electron chi connectivity index (χ3n) is 3.05. The molecule has 0 aliphatic rings. The monoisotopic (exact) mass is 384 g/mol. The van der Waals surface area contributed by atoms with Crippen molar-refractivity contribution < 1.29 is 14.3 Å². The number of carbonyl (C=O) groups is 2. The number of nitrogens with zero attached hydrogens (tertiary/aromatic N) is 4. The first-order chi connectivity index (χ1) is 12.4. The average Bonchev–Trinajstić information content (AvgIpc) is 2.67. The SMILES string of the molecule is CC.CC.CN=NN(C(C)=O)c1ccc(C[C@@H](C(=O)OC)N(C)P)cc1. The second kappa shape index (κ2) is 15.4. The Hall–Kier alpha value is -1.85. The second-order valence-corrected chi connectivity index (χ2v) is 5.51. The van der Waals surface area contributed by atoms with E-state index in [-0.39, 0.29) is 17.9 Å². The van der Waals surface area contributed by atoms with Gasteiger partial charge in [-0.3, -0.25) is 14.3 Å². The molecule has 0 heterocycles. The summed E-state index contributed by atoms with van der Waals surface area (Å²) < 4.78 is 6.53. The minimum Gasteiger partial charge on any atom is -0.468 e. The van der Waals surface area contributed by atoms with E-state index in [0.717, 1.165) is 5.56 Å². The second-order valence-electron chi connectivity index (χ2n) is 4.70. The Morgan fingerprint density at radius 3 is 2.00 bits per heavy atom. The fourth-order valence-electron chi connectivity index (χ4n) is 1.91. The van der Waals surface area contributed by atoms with Gasteiger partial charge >= 0.3 is 5.97 Å². The lowest BCUT2D eigenvalue weighted by Crippen LogP contribution is -2.35. The van der Waals surface area contributed by atoms with Crippen LogP contribution >= 0.6 is 9.39 Å². The Balaban J connectivity index is 0. The fourth-order valence-corrected chi connectivity index (χ4v) is 2.14. The Kier molecular flexibility index (Phi) is 15.6. The van der Waals surface area contributed by atoms with Crippen LogP contribution in [0.5, 0.6) is 0 Å². The number of ether oxygens (including phenoxy) is 1. The summed E-state index contributed by atoms with van der Waals surface area (Å²) in [6, 6.07) is 6.84. The summed E-state index contributed by atoms with van der Waals surface area (Å²) >= 11 is 0. The molecule has 0 bridgehead atoms. The summed E-state index contributed by atoms with van der Waals surface area (Å²) in [5.74, 6) is -0.526. The van der Waals surface area contributed by atoms with E-state index in [1.807, 2.05) is 39.8 Å². The largest absolute Gasteiger partial charge is 0.468 e. The molecule has 1 aromatic carbocycles. The van der Waals surface area contributed by atoms with Crippen LogP contribution in [0.1, 0.15) is 40.2 Å². The molecule has 7 nitrogen and oxygen atoms in total. The molecule has 1 unspecified atom stereocenters. The van der Waals surface area contributed by atoms with Gasteiger partial charge in [0.2, 0.25) is 5.91 Å². The van der Waals surface area contributed by atoms with Crippen molar-refractivity contribution in [2.45, 2.75) is 47.1 Å². The number of hydrogen-bond donors (Lipinski definition) is 0. The molecule has 0 N–H and O–H groups in total. The molecular weight excluding hydrogens is 351 g/mol. The number of methoxy groups -OCH3 is 1. The van der Waals surface area contributed by atoms with Crippen molar-refractivity contribution >= 4 is 27.0 Å². The van der Waals surface area contributed by atoms with E-state index in [1.165, 1.54) is 26.1 Å². The predicted octanol–water partition coefficient (Wildman–Crippen LogP) is 3.89. The first-order valence-corrected chi connectivity index (χ1v) is 9.17. The maximum atomic E-state index is 11.7. The molecule has 2 atom stereocenters. The van der Waals surface area contributed by atoms with Crippen LogP contribution in [0, 0.1) is 0 Å². The van der Waals surface area contributed by atoms with Gasteiger partial charge in [0.25, 0.3) is 0 Å². The highest BCUT2D eigenvalue weighted by molar-refractivity contribution is 7.13. The summed E-state index contributed by atoms with van der Waals surface area (Å²) in [5.41, 5.74) is 1.57. The smallest absolute Gasteiger partial charge is 0.323 e. The molecule has 26 heavy (non-hydrogen) atoms. The summed E-state index contributed by atoms with van der Waals surface area (Å²) in [4.78, 5) is 23.3. The van der Waals surface area contributed by atoms with Crippen LogP contribution in [-0.2, 0) is 20.7 Å². The van der Waals surface area contributed by atoms with E-state index in [4.69, 9.17) is 4.74 Å². The number of benzene rings is 1. The Morgan fingerprint density at radius 2 is 1.65 bits per heavy atom. The average molecular weight is 384 g/mol. The van der Waals surface area contributed by atoms with Gasteiger partial charge in [-0.1, -0.05) is 54.4 Å². The molecule has 1 amide bonds. The van der Waals surface area contributed by atoms with E-state index in [0.29, 0.717) is 12.1 Å². The minimum atomic E-state index is -0.389. The number of hydrogen-bond acceptors (Lipinski definition) is 6. The standard InChI is InChI=1S/C14H21N4O3P.2C2H6/c1-10(19)18(16-15-2)12-7-5-11(6-8-12)9-13(17(3)22)14(20)21-4;2*1-2/h5-8,13H,9,22H2,1-4H3;2*1-2H3/t13-;;/m0../s1. The Labute approximate surface area is 160 Å². The molecule has 0 aromatic heterocycles. The van der Waals surface area contributed by atoms with Crippen LogP contribution in [0.4, 0.5) is 5.69 Å². The molecular formula is C18H33N4O3P. The number of rotatable bonds is 6.